The molecule has 2 heterocycles. The van der Waals surface area contributed by atoms with E-state index in [4.69, 9.17) is 9.15 Å². The van der Waals surface area contributed by atoms with E-state index in [9.17, 15) is 4.79 Å². The van der Waals surface area contributed by atoms with Gasteiger partial charge in [0.15, 0.2) is 5.58 Å². The summed E-state index contributed by atoms with van der Waals surface area (Å²) in [7, 11) is 1.56. The molecule has 1 amide bonds. The fourth-order valence-electron chi connectivity index (χ4n) is 2.95. The van der Waals surface area contributed by atoms with Crippen molar-refractivity contribution in [3.8, 4) is 11.5 Å². The van der Waals surface area contributed by atoms with Crippen LogP contribution in [0, 0.1) is 0 Å². The molecule has 0 aliphatic carbocycles. The smallest absolute Gasteiger partial charge is 0.300 e. The minimum Gasteiger partial charge on any atom is -0.457 e. The Morgan fingerprint density at radius 1 is 1.10 bits per heavy atom. The topological polar surface area (TPSA) is 89.3 Å². The summed E-state index contributed by atoms with van der Waals surface area (Å²) in [5, 5.41) is 5.78. The van der Waals surface area contributed by atoms with Crippen LogP contribution in [0.5, 0.6) is 11.5 Å². The lowest BCUT2D eigenvalue weighted by molar-refractivity contribution is 0.0958. The van der Waals surface area contributed by atoms with Gasteiger partial charge in [-0.25, -0.2) is 0 Å². The minimum atomic E-state index is -0.273. The van der Waals surface area contributed by atoms with Gasteiger partial charge in [-0.05, 0) is 36.2 Å². The van der Waals surface area contributed by atoms with Gasteiger partial charge >= 0.3 is 0 Å². The maximum atomic E-state index is 11.7. The number of hydrogen-bond donors (Lipinski definition) is 2. The molecule has 29 heavy (non-hydrogen) atoms. The van der Waals surface area contributed by atoms with E-state index in [0.717, 1.165) is 12.1 Å². The fourth-order valence-corrected chi connectivity index (χ4v) is 2.95. The van der Waals surface area contributed by atoms with E-state index >= 15 is 0 Å². The van der Waals surface area contributed by atoms with Crippen molar-refractivity contribution >= 4 is 28.7 Å². The first-order valence-electron chi connectivity index (χ1n) is 9.28. The number of para-hydroxylation sites is 1. The van der Waals surface area contributed by atoms with Gasteiger partial charge in [-0.2, -0.15) is 4.98 Å². The molecule has 0 spiro atoms. The number of aryl methyl sites for hydroxylation is 1. The molecule has 7 nitrogen and oxygen atoms in total. The van der Waals surface area contributed by atoms with Gasteiger partial charge in [0.05, 0.1) is 0 Å². The molecule has 0 aliphatic heterocycles. The number of ether oxygens (including phenoxy) is 1. The van der Waals surface area contributed by atoms with Gasteiger partial charge < -0.3 is 19.8 Å². The van der Waals surface area contributed by atoms with Crippen LogP contribution in [0.2, 0.25) is 0 Å². The minimum absolute atomic E-state index is 0.273. The molecule has 0 saturated heterocycles. The standard InChI is InChI=1S/C22H20N4O3/c1-3-14-6-4-5-7-17(14)25-22-26-18-12-15(8-9-20(18)29-22)28-16-10-11-24-19(13-16)21(27)23-2/h4-13H,3H2,1-2H3,(H,23,27)(H,25,26). The zero-order valence-electron chi connectivity index (χ0n) is 16.1. The third kappa shape index (κ3) is 4.03. The van der Waals surface area contributed by atoms with Gasteiger partial charge in [-0.3, -0.25) is 9.78 Å². The van der Waals surface area contributed by atoms with Crippen LogP contribution in [0.1, 0.15) is 23.0 Å². The monoisotopic (exact) mass is 388 g/mol. The first kappa shape index (κ1) is 18.5. The molecular formula is C22H20N4O3. The molecule has 0 saturated carbocycles. The molecule has 0 unspecified atom stereocenters. The number of nitrogens with one attached hydrogen (secondary N) is 2. The Hall–Kier alpha value is -3.87. The van der Waals surface area contributed by atoms with E-state index in [1.54, 1.807) is 37.4 Å². The second kappa shape index (κ2) is 8.02. The van der Waals surface area contributed by atoms with E-state index < -0.39 is 0 Å². The molecule has 0 fully saturated rings. The molecule has 2 N–H and O–H groups in total. The number of pyridine rings is 1. The number of anilines is 2. The lowest BCUT2D eigenvalue weighted by Crippen LogP contribution is -2.18. The molecule has 2 aromatic carbocycles. The van der Waals surface area contributed by atoms with Crippen molar-refractivity contribution in [2.75, 3.05) is 12.4 Å². The van der Waals surface area contributed by atoms with Crippen LogP contribution in [0.15, 0.2) is 65.2 Å². The Balaban J connectivity index is 1.56. The Kier molecular flexibility index (Phi) is 5.11. The highest BCUT2D eigenvalue weighted by molar-refractivity contribution is 5.92. The predicted molar refractivity (Wildman–Crippen MR) is 111 cm³/mol. The number of oxazole rings is 1. The van der Waals surface area contributed by atoms with Crippen LogP contribution in [0.4, 0.5) is 11.7 Å². The first-order valence-corrected chi connectivity index (χ1v) is 9.28. The quantitative estimate of drug-likeness (QED) is 0.498. The SMILES string of the molecule is CCc1ccccc1Nc1nc2cc(Oc3ccnc(C(=O)NC)c3)ccc2o1. The maximum absolute atomic E-state index is 11.7. The summed E-state index contributed by atoms with van der Waals surface area (Å²) in [6.45, 7) is 2.10. The largest absolute Gasteiger partial charge is 0.457 e. The Morgan fingerprint density at radius 2 is 1.93 bits per heavy atom. The van der Waals surface area contributed by atoms with Gasteiger partial charge in [0, 0.05) is 31.1 Å². The van der Waals surface area contributed by atoms with E-state index in [2.05, 4.69) is 33.6 Å². The molecule has 0 bridgehead atoms. The van der Waals surface area contributed by atoms with Crippen molar-refractivity contribution in [2.45, 2.75) is 13.3 Å². The zero-order chi connectivity index (χ0) is 20.2. The summed E-state index contributed by atoms with van der Waals surface area (Å²) in [5.41, 5.74) is 3.75. The number of fused-ring (bicyclic) bond motifs is 1. The third-order valence-corrected chi connectivity index (χ3v) is 4.43. The van der Waals surface area contributed by atoms with Gasteiger partial charge in [-0.1, -0.05) is 25.1 Å². The Labute approximate surface area is 167 Å². The highest BCUT2D eigenvalue weighted by atomic mass is 16.5. The highest BCUT2D eigenvalue weighted by Crippen LogP contribution is 2.29. The average molecular weight is 388 g/mol. The second-order valence-electron chi connectivity index (χ2n) is 6.34. The summed E-state index contributed by atoms with van der Waals surface area (Å²) in [6, 6.07) is 17.1. The van der Waals surface area contributed by atoms with Crippen LogP contribution in [-0.4, -0.2) is 22.9 Å². The van der Waals surface area contributed by atoms with Crippen LogP contribution in [0.25, 0.3) is 11.1 Å². The van der Waals surface area contributed by atoms with Gasteiger partial charge in [0.2, 0.25) is 0 Å². The number of amides is 1. The predicted octanol–water partition coefficient (Wildman–Crippen LogP) is 4.68. The van der Waals surface area contributed by atoms with Crippen molar-refractivity contribution < 1.29 is 13.9 Å². The molecule has 0 aliphatic rings. The van der Waals surface area contributed by atoms with E-state index in [-0.39, 0.29) is 11.6 Å². The third-order valence-electron chi connectivity index (χ3n) is 4.43. The number of carbonyl (C=O) groups excluding carboxylic acids is 1. The Morgan fingerprint density at radius 3 is 2.76 bits per heavy atom. The van der Waals surface area contributed by atoms with E-state index in [0.29, 0.717) is 28.6 Å². The number of nitrogens with zero attached hydrogens (tertiary/aromatic N) is 2. The van der Waals surface area contributed by atoms with Crippen LogP contribution >= 0.6 is 0 Å². The number of benzene rings is 2. The fraction of sp³-hybridized carbons (Fsp3) is 0.136. The number of aromatic nitrogens is 2. The van der Waals surface area contributed by atoms with Gasteiger partial charge in [-0.15, -0.1) is 0 Å². The zero-order valence-corrected chi connectivity index (χ0v) is 16.1. The highest BCUT2D eigenvalue weighted by Gasteiger charge is 2.11. The van der Waals surface area contributed by atoms with Gasteiger partial charge in [0.1, 0.15) is 22.7 Å². The average Bonchev–Trinajstić information content (AvgIpc) is 3.15. The second-order valence-corrected chi connectivity index (χ2v) is 6.34. The molecule has 146 valence electrons. The number of rotatable bonds is 6. The summed E-state index contributed by atoms with van der Waals surface area (Å²) in [6.07, 6.45) is 2.44. The summed E-state index contributed by atoms with van der Waals surface area (Å²) in [5.74, 6) is 0.822. The normalized spacial score (nSPS) is 10.7. The Bertz CT molecular complexity index is 1170. The maximum Gasteiger partial charge on any atom is 0.300 e. The molecular weight excluding hydrogens is 368 g/mol. The number of hydrogen-bond acceptors (Lipinski definition) is 6. The van der Waals surface area contributed by atoms with Crippen LogP contribution < -0.4 is 15.4 Å². The molecule has 4 aromatic rings. The summed E-state index contributed by atoms with van der Waals surface area (Å²) < 4.78 is 11.7. The lowest BCUT2D eigenvalue weighted by atomic mass is 10.1. The lowest BCUT2D eigenvalue weighted by Gasteiger charge is -2.06. The van der Waals surface area contributed by atoms with Crippen molar-refractivity contribution in [1.82, 2.24) is 15.3 Å². The van der Waals surface area contributed by atoms with Gasteiger partial charge in [0.25, 0.3) is 11.9 Å². The summed E-state index contributed by atoms with van der Waals surface area (Å²) >= 11 is 0. The molecule has 0 radical (unpaired) electrons. The van der Waals surface area contributed by atoms with Crippen molar-refractivity contribution in [2.24, 2.45) is 0 Å². The van der Waals surface area contributed by atoms with E-state index in [1.165, 1.54) is 11.8 Å². The van der Waals surface area contributed by atoms with Crippen molar-refractivity contribution in [3.63, 3.8) is 0 Å². The first-order chi connectivity index (χ1) is 14.2. The van der Waals surface area contributed by atoms with Crippen LogP contribution in [-0.2, 0) is 6.42 Å². The number of carbonyl (C=O) groups is 1. The molecule has 2 aromatic heterocycles. The molecule has 4 rings (SSSR count). The summed E-state index contributed by atoms with van der Waals surface area (Å²) in [4.78, 5) is 20.3. The molecule has 7 heteroatoms. The van der Waals surface area contributed by atoms with Crippen LogP contribution in [0.3, 0.4) is 0 Å². The molecule has 0 atom stereocenters. The van der Waals surface area contributed by atoms with Crippen molar-refractivity contribution in [1.29, 1.82) is 0 Å². The van der Waals surface area contributed by atoms with E-state index in [1.807, 2.05) is 18.2 Å². The van der Waals surface area contributed by atoms with Crippen molar-refractivity contribution in [3.05, 3.63) is 72.1 Å².